The molecule has 0 fully saturated rings. The number of benzene rings is 2. The van der Waals surface area contributed by atoms with Crippen LogP contribution in [0.4, 0.5) is 0 Å². The van der Waals surface area contributed by atoms with Crippen LogP contribution in [-0.4, -0.2) is 5.91 Å². The van der Waals surface area contributed by atoms with Crippen molar-refractivity contribution in [2.45, 2.75) is 13.0 Å². The molecule has 116 valence electrons. The summed E-state index contributed by atoms with van der Waals surface area (Å²) in [6, 6.07) is 21.4. The Morgan fingerprint density at radius 3 is 2.57 bits per heavy atom. The van der Waals surface area contributed by atoms with Gasteiger partial charge in [0, 0.05) is 9.90 Å². The molecule has 3 rings (SSSR count). The molecule has 2 nitrogen and oxygen atoms in total. The second-order valence-electron chi connectivity index (χ2n) is 5.28. The number of rotatable bonds is 4. The maximum atomic E-state index is 12.4. The predicted octanol–water partition coefficient (Wildman–Crippen LogP) is 5.56. The van der Waals surface area contributed by atoms with Crippen LogP contribution in [-0.2, 0) is 0 Å². The molecule has 0 radical (unpaired) electrons. The van der Waals surface area contributed by atoms with Crippen molar-refractivity contribution in [3.8, 4) is 10.4 Å². The van der Waals surface area contributed by atoms with Crippen LogP contribution in [0.2, 0.25) is 5.02 Å². The molecule has 1 atom stereocenters. The van der Waals surface area contributed by atoms with E-state index in [2.05, 4.69) is 5.32 Å². The molecule has 0 saturated heterocycles. The van der Waals surface area contributed by atoms with E-state index in [1.807, 2.05) is 73.7 Å². The lowest BCUT2D eigenvalue weighted by Crippen LogP contribution is -2.25. The predicted molar refractivity (Wildman–Crippen MR) is 97.1 cm³/mol. The fourth-order valence-corrected chi connectivity index (χ4v) is 3.45. The molecule has 3 aromatic rings. The molecular weight excluding hydrogens is 326 g/mol. The van der Waals surface area contributed by atoms with Crippen LogP contribution in [0, 0.1) is 0 Å². The Hall–Kier alpha value is -2.10. The molecule has 1 N–H and O–H groups in total. The SMILES string of the molecule is CC(NC(=O)c1ccc(-c2cccc(Cl)c2)s1)c1ccccc1. The Morgan fingerprint density at radius 1 is 1.04 bits per heavy atom. The van der Waals surface area contributed by atoms with E-state index in [-0.39, 0.29) is 11.9 Å². The summed E-state index contributed by atoms with van der Waals surface area (Å²) < 4.78 is 0. The van der Waals surface area contributed by atoms with Crippen molar-refractivity contribution in [1.29, 1.82) is 0 Å². The van der Waals surface area contributed by atoms with Crippen LogP contribution in [0.3, 0.4) is 0 Å². The molecule has 0 aliphatic carbocycles. The average molecular weight is 342 g/mol. The van der Waals surface area contributed by atoms with E-state index in [9.17, 15) is 4.79 Å². The highest BCUT2D eigenvalue weighted by atomic mass is 35.5. The number of thiophene rings is 1. The van der Waals surface area contributed by atoms with Crippen LogP contribution < -0.4 is 5.32 Å². The molecule has 1 unspecified atom stereocenters. The zero-order chi connectivity index (χ0) is 16.2. The third-order valence-corrected chi connectivity index (χ3v) is 4.95. The van der Waals surface area contributed by atoms with Gasteiger partial charge in [-0.3, -0.25) is 4.79 Å². The van der Waals surface area contributed by atoms with Crippen molar-refractivity contribution in [3.05, 3.63) is 82.2 Å². The Labute approximate surface area is 144 Å². The Balaban J connectivity index is 1.74. The molecule has 23 heavy (non-hydrogen) atoms. The molecule has 0 aliphatic heterocycles. The third kappa shape index (κ3) is 3.81. The number of carbonyl (C=O) groups is 1. The summed E-state index contributed by atoms with van der Waals surface area (Å²) in [5, 5.41) is 3.73. The van der Waals surface area contributed by atoms with Crippen LogP contribution in [0.25, 0.3) is 10.4 Å². The fourth-order valence-electron chi connectivity index (χ4n) is 2.35. The molecule has 0 saturated carbocycles. The van der Waals surface area contributed by atoms with E-state index in [4.69, 9.17) is 11.6 Å². The number of hydrogen-bond donors (Lipinski definition) is 1. The van der Waals surface area contributed by atoms with Crippen molar-refractivity contribution in [3.63, 3.8) is 0 Å². The van der Waals surface area contributed by atoms with Crippen molar-refractivity contribution in [2.75, 3.05) is 0 Å². The first kappa shape index (κ1) is 15.8. The molecule has 0 aliphatic rings. The summed E-state index contributed by atoms with van der Waals surface area (Å²) in [5.41, 5.74) is 2.12. The van der Waals surface area contributed by atoms with Gasteiger partial charge in [0.15, 0.2) is 0 Å². The van der Waals surface area contributed by atoms with E-state index in [0.29, 0.717) is 9.90 Å². The van der Waals surface area contributed by atoms with E-state index in [1.165, 1.54) is 11.3 Å². The van der Waals surface area contributed by atoms with Gasteiger partial charge in [-0.2, -0.15) is 0 Å². The monoisotopic (exact) mass is 341 g/mol. The highest BCUT2D eigenvalue weighted by Crippen LogP contribution is 2.30. The minimum Gasteiger partial charge on any atom is -0.345 e. The van der Waals surface area contributed by atoms with Gasteiger partial charge < -0.3 is 5.32 Å². The Kier molecular flexibility index (Phi) is 4.79. The van der Waals surface area contributed by atoms with Gasteiger partial charge in [0.2, 0.25) is 0 Å². The molecular formula is C19H16ClNOS. The van der Waals surface area contributed by atoms with Gasteiger partial charge >= 0.3 is 0 Å². The lowest BCUT2D eigenvalue weighted by Gasteiger charge is -2.13. The van der Waals surface area contributed by atoms with Crippen molar-refractivity contribution >= 4 is 28.8 Å². The van der Waals surface area contributed by atoms with Gasteiger partial charge in [0.1, 0.15) is 0 Å². The van der Waals surface area contributed by atoms with Crippen LogP contribution in [0.1, 0.15) is 28.2 Å². The topological polar surface area (TPSA) is 29.1 Å². The number of hydrogen-bond acceptors (Lipinski definition) is 2. The summed E-state index contributed by atoms with van der Waals surface area (Å²) >= 11 is 7.50. The van der Waals surface area contributed by atoms with Crippen molar-refractivity contribution in [2.24, 2.45) is 0 Å². The maximum Gasteiger partial charge on any atom is 0.261 e. The zero-order valence-electron chi connectivity index (χ0n) is 12.6. The summed E-state index contributed by atoms with van der Waals surface area (Å²) in [5.74, 6) is -0.0559. The standard InChI is InChI=1S/C19H16ClNOS/c1-13(14-6-3-2-4-7-14)21-19(22)18-11-10-17(23-18)15-8-5-9-16(20)12-15/h2-13H,1H3,(H,21,22). The van der Waals surface area contributed by atoms with Crippen LogP contribution >= 0.6 is 22.9 Å². The van der Waals surface area contributed by atoms with E-state index < -0.39 is 0 Å². The molecule has 1 aromatic heterocycles. The Morgan fingerprint density at radius 2 is 1.83 bits per heavy atom. The largest absolute Gasteiger partial charge is 0.345 e. The second-order valence-corrected chi connectivity index (χ2v) is 6.80. The number of halogens is 1. The van der Waals surface area contributed by atoms with Gasteiger partial charge in [-0.05, 0) is 42.3 Å². The molecule has 1 amide bonds. The highest BCUT2D eigenvalue weighted by molar-refractivity contribution is 7.17. The second kappa shape index (κ2) is 6.99. The van der Waals surface area contributed by atoms with Gasteiger partial charge in [-0.15, -0.1) is 11.3 Å². The normalized spacial score (nSPS) is 11.9. The van der Waals surface area contributed by atoms with Crippen LogP contribution in [0.5, 0.6) is 0 Å². The fraction of sp³-hybridized carbons (Fsp3) is 0.105. The molecule has 2 aromatic carbocycles. The average Bonchev–Trinajstić information content (AvgIpc) is 3.06. The van der Waals surface area contributed by atoms with Gasteiger partial charge in [0.05, 0.1) is 10.9 Å². The lowest BCUT2D eigenvalue weighted by molar-refractivity contribution is 0.0944. The maximum absolute atomic E-state index is 12.4. The number of nitrogens with one attached hydrogen (secondary N) is 1. The smallest absolute Gasteiger partial charge is 0.261 e. The quantitative estimate of drug-likeness (QED) is 0.661. The summed E-state index contributed by atoms with van der Waals surface area (Å²) in [6.45, 7) is 1.98. The molecule has 4 heteroatoms. The summed E-state index contributed by atoms with van der Waals surface area (Å²) in [4.78, 5) is 14.1. The van der Waals surface area contributed by atoms with E-state index >= 15 is 0 Å². The zero-order valence-corrected chi connectivity index (χ0v) is 14.2. The molecule has 0 spiro atoms. The minimum absolute atomic E-state index is 0.0274. The van der Waals surface area contributed by atoms with E-state index in [1.54, 1.807) is 0 Å². The minimum atomic E-state index is -0.0559. The summed E-state index contributed by atoms with van der Waals surface area (Å²) in [6.07, 6.45) is 0. The third-order valence-electron chi connectivity index (χ3n) is 3.59. The van der Waals surface area contributed by atoms with E-state index in [0.717, 1.165) is 16.0 Å². The highest BCUT2D eigenvalue weighted by Gasteiger charge is 2.14. The van der Waals surface area contributed by atoms with Gasteiger partial charge in [-0.1, -0.05) is 54.1 Å². The van der Waals surface area contributed by atoms with Gasteiger partial charge in [-0.25, -0.2) is 0 Å². The van der Waals surface area contributed by atoms with Crippen molar-refractivity contribution < 1.29 is 4.79 Å². The first-order valence-corrected chi connectivity index (χ1v) is 8.54. The first-order chi connectivity index (χ1) is 11.1. The number of amides is 1. The first-order valence-electron chi connectivity index (χ1n) is 7.35. The van der Waals surface area contributed by atoms with Crippen LogP contribution in [0.15, 0.2) is 66.7 Å². The molecule has 0 bridgehead atoms. The van der Waals surface area contributed by atoms with Crippen molar-refractivity contribution in [1.82, 2.24) is 5.32 Å². The molecule has 1 heterocycles. The summed E-state index contributed by atoms with van der Waals surface area (Å²) in [7, 11) is 0. The number of carbonyl (C=O) groups excluding carboxylic acids is 1. The van der Waals surface area contributed by atoms with Gasteiger partial charge in [0.25, 0.3) is 5.91 Å². The Bertz CT molecular complexity index is 813. The lowest BCUT2D eigenvalue weighted by atomic mass is 10.1.